The van der Waals surface area contributed by atoms with Crippen LogP contribution in [0, 0.1) is 10.1 Å². The Bertz CT molecular complexity index is 625. The van der Waals surface area contributed by atoms with Crippen LogP contribution < -0.4 is 0 Å². The van der Waals surface area contributed by atoms with Crippen molar-refractivity contribution in [2.45, 2.75) is 38.6 Å². The standard InChI is InChI=1S/C14H16Br2N2O2/c1-2-3-4-11(18(19)20)5-9-8-17-14-12(9)6-10(15)7-13(14)16/h6-8,11,17H,2-5H2,1H3. The maximum absolute atomic E-state index is 11.2. The normalized spacial score (nSPS) is 12.8. The van der Waals surface area contributed by atoms with Gasteiger partial charge in [0.15, 0.2) is 0 Å². The Kier molecular flexibility index (Phi) is 5.21. The molecule has 1 atom stereocenters. The van der Waals surface area contributed by atoms with Crippen molar-refractivity contribution in [1.29, 1.82) is 0 Å². The average molecular weight is 404 g/mol. The molecule has 0 aliphatic rings. The number of nitro groups is 1. The molecule has 0 spiro atoms. The molecule has 0 aliphatic carbocycles. The molecule has 2 rings (SSSR count). The van der Waals surface area contributed by atoms with E-state index in [-0.39, 0.29) is 4.92 Å². The van der Waals surface area contributed by atoms with E-state index in [1.165, 1.54) is 0 Å². The first-order chi connectivity index (χ1) is 9.52. The summed E-state index contributed by atoms with van der Waals surface area (Å²) >= 11 is 6.96. The number of nitrogens with zero attached hydrogens (tertiary/aromatic N) is 1. The number of unbranched alkanes of at least 4 members (excludes halogenated alkanes) is 1. The second kappa shape index (κ2) is 6.72. The van der Waals surface area contributed by atoms with Crippen molar-refractivity contribution in [3.63, 3.8) is 0 Å². The highest BCUT2D eigenvalue weighted by atomic mass is 79.9. The maximum atomic E-state index is 11.2. The van der Waals surface area contributed by atoms with Crippen LogP contribution in [0.4, 0.5) is 0 Å². The molecule has 1 N–H and O–H groups in total. The molecule has 0 radical (unpaired) electrons. The van der Waals surface area contributed by atoms with Gasteiger partial charge in [-0.15, -0.1) is 0 Å². The van der Waals surface area contributed by atoms with Crippen LogP contribution in [0.5, 0.6) is 0 Å². The molecule has 4 nitrogen and oxygen atoms in total. The quantitative estimate of drug-likeness (QED) is 0.540. The molecule has 0 bridgehead atoms. The summed E-state index contributed by atoms with van der Waals surface area (Å²) in [5, 5.41) is 12.2. The molecule has 0 fully saturated rings. The molecule has 1 heterocycles. The zero-order chi connectivity index (χ0) is 14.7. The van der Waals surface area contributed by atoms with E-state index in [4.69, 9.17) is 0 Å². The number of hydrogen-bond acceptors (Lipinski definition) is 2. The summed E-state index contributed by atoms with van der Waals surface area (Å²) in [6, 6.07) is 3.46. The van der Waals surface area contributed by atoms with Crippen LogP contribution in [0.25, 0.3) is 10.9 Å². The van der Waals surface area contributed by atoms with Gasteiger partial charge in [0.2, 0.25) is 6.04 Å². The van der Waals surface area contributed by atoms with E-state index < -0.39 is 6.04 Å². The van der Waals surface area contributed by atoms with Crippen LogP contribution in [0.15, 0.2) is 27.3 Å². The third-order valence-electron chi connectivity index (χ3n) is 3.44. The number of hydrogen-bond donors (Lipinski definition) is 1. The molecular formula is C14H16Br2N2O2. The Hall–Kier alpha value is -0.880. The van der Waals surface area contributed by atoms with Crippen molar-refractivity contribution >= 4 is 42.8 Å². The smallest absolute Gasteiger partial charge is 0.217 e. The Morgan fingerprint density at radius 3 is 2.80 bits per heavy atom. The molecule has 0 saturated heterocycles. The lowest BCUT2D eigenvalue weighted by atomic mass is 10.0. The molecule has 1 unspecified atom stereocenters. The van der Waals surface area contributed by atoms with Crippen molar-refractivity contribution in [3.8, 4) is 0 Å². The van der Waals surface area contributed by atoms with Crippen LogP contribution in [0.2, 0.25) is 0 Å². The SMILES string of the molecule is CCCCC(Cc1c[nH]c2c(Br)cc(Br)cc12)[N+](=O)[O-]. The summed E-state index contributed by atoms with van der Waals surface area (Å²) in [7, 11) is 0. The van der Waals surface area contributed by atoms with E-state index in [9.17, 15) is 10.1 Å². The van der Waals surface area contributed by atoms with Gasteiger partial charge in [-0.05, 0) is 40.0 Å². The van der Waals surface area contributed by atoms with Gasteiger partial charge in [0.05, 0.1) is 5.52 Å². The lowest BCUT2D eigenvalue weighted by Gasteiger charge is -2.08. The van der Waals surface area contributed by atoms with Crippen molar-refractivity contribution in [2.75, 3.05) is 0 Å². The van der Waals surface area contributed by atoms with Gasteiger partial charge in [-0.1, -0.05) is 29.3 Å². The number of aromatic nitrogens is 1. The fraction of sp³-hybridized carbons (Fsp3) is 0.429. The highest BCUT2D eigenvalue weighted by Gasteiger charge is 2.22. The highest BCUT2D eigenvalue weighted by molar-refractivity contribution is 9.11. The minimum atomic E-state index is -0.508. The minimum absolute atomic E-state index is 0.151. The Morgan fingerprint density at radius 1 is 1.40 bits per heavy atom. The monoisotopic (exact) mass is 402 g/mol. The molecule has 0 aliphatic heterocycles. The van der Waals surface area contributed by atoms with Gasteiger partial charge in [-0.2, -0.15) is 0 Å². The van der Waals surface area contributed by atoms with Gasteiger partial charge in [0, 0.05) is 38.3 Å². The zero-order valence-corrected chi connectivity index (χ0v) is 14.3. The molecule has 0 amide bonds. The Morgan fingerprint density at radius 2 is 2.15 bits per heavy atom. The second-order valence-corrected chi connectivity index (χ2v) is 6.68. The molecular weight excluding hydrogens is 388 g/mol. The third-order valence-corrected chi connectivity index (χ3v) is 4.52. The van der Waals surface area contributed by atoms with Crippen LogP contribution in [0.1, 0.15) is 31.7 Å². The number of nitrogens with one attached hydrogen (secondary N) is 1. The molecule has 108 valence electrons. The molecule has 1 aromatic heterocycles. The summed E-state index contributed by atoms with van der Waals surface area (Å²) in [6.07, 6.45) is 4.85. The first kappa shape index (κ1) is 15.5. The molecule has 6 heteroatoms. The number of halogens is 2. The van der Waals surface area contributed by atoms with Crippen molar-refractivity contribution in [3.05, 3.63) is 43.0 Å². The second-order valence-electron chi connectivity index (χ2n) is 4.91. The van der Waals surface area contributed by atoms with Crippen molar-refractivity contribution in [2.24, 2.45) is 0 Å². The summed E-state index contributed by atoms with van der Waals surface area (Å²) < 4.78 is 1.92. The first-order valence-corrected chi connectivity index (χ1v) is 8.20. The van der Waals surface area contributed by atoms with Gasteiger partial charge in [0.1, 0.15) is 0 Å². The average Bonchev–Trinajstić information content (AvgIpc) is 2.77. The van der Waals surface area contributed by atoms with E-state index in [0.717, 1.165) is 38.3 Å². The molecule has 2 aromatic rings. The van der Waals surface area contributed by atoms with E-state index in [0.29, 0.717) is 12.8 Å². The summed E-state index contributed by atoms with van der Waals surface area (Å²) in [5.41, 5.74) is 1.99. The highest BCUT2D eigenvalue weighted by Crippen LogP contribution is 2.31. The van der Waals surface area contributed by atoms with Crippen LogP contribution >= 0.6 is 31.9 Å². The number of fused-ring (bicyclic) bond motifs is 1. The number of H-pyrrole nitrogens is 1. The molecule has 0 saturated carbocycles. The fourth-order valence-corrected chi connectivity index (χ4v) is 3.69. The maximum Gasteiger partial charge on any atom is 0.217 e. The fourth-order valence-electron chi connectivity index (χ4n) is 2.36. The van der Waals surface area contributed by atoms with Crippen LogP contribution in [0.3, 0.4) is 0 Å². The Labute approximate surface area is 134 Å². The Balaban J connectivity index is 2.30. The van der Waals surface area contributed by atoms with Gasteiger partial charge >= 0.3 is 0 Å². The van der Waals surface area contributed by atoms with Crippen molar-refractivity contribution in [1.82, 2.24) is 4.98 Å². The largest absolute Gasteiger partial charge is 0.360 e. The minimum Gasteiger partial charge on any atom is -0.360 e. The third kappa shape index (κ3) is 3.41. The lowest BCUT2D eigenvalue weighted by Crippen LogP contribution is -2.22. The topological polar surface area (TPSA) is 58.9 Å². The summed E-state index contributed by atoms with van der Waals surface area (Å²) in [4.78, 5) is 14.2. The number of rotatable bonds is 6. The summed E-state index contributed by atoms with van der Waals surface area (Å²) in [6.45, 7) is 2.05. The van der Waals surface area contributed by atoms with Crippen LogP contribution in [-0.4, -0.2) is 15.9 Å². The number of aromatic amines is 1. The van der Waals surface area contributed by atoms with E-state index >= 15 is 0 Å². The molecule has 20 heavy (non-hydrogen) atoms. The van der Waals surface area contributed by atoms with E-state index in [1.54, 1.807) is 0 Å². The van der Waals surface area contributed by atoms with Crippen LogP contribution in [-0.2, 0) is 6.42 Å². The van der Waals surface area contributed by atoms with Crippen molar-refractivity contribution < 1.29 is 4.92 Å². The summed E-state index contributed by atoms with van der Waals surface area (Å²) in [5.74, 6) is 0. The van der Waals surface area contributed by atoms with Gasteiger partial charge in [-0.25, -0.2) is 0 Å². The van der Waals surface area contributed by atoms with Gasteiger partial charge < -0.3 is 4.98 Å². The van der Waals surface area contributed by atoms with E-state index in [1.807, 2.05) is 18.3 Å². The molecule has 1 aromatic carbocycles. The number of benzene rings is 1. The van der Waals surface area contributed by atoms with E-state index in [2.05, 4.69) is 43.8 Å². The van der Waals surface area contributed by atoms with Gasteiger partial charge in [0.25, 0.3) is 0 Å². The predicted octanol–water partition coefficient (Wildman–Crippen LogP) is 5.07. The van der Waals surface area contributed by atoms with Gasteiger partial charge in [-0.3, -0.25) is 10.1 Å². The zero-order valence-electron chi connectivity index (χ0n) is 11.2. The first-order valence-electron chi connectivity index (χ1n) is 6.61. The lowest BCUT2D eigenvalue weighted by molar-refractivity contribution is -0.523. The predicted molar refractivity (Wildman–Crippen MR) is 87.7 cm³/mol.